The topological polar surface area (TPSA) is 47.0 Å². The molecule has 4 aromatic rings. The van der Waals surface area contributed by atoms with Gasteiger partial charge >= 0.3 is 6.18 Å². The second-order valence-electron chi connectivity index (χ2n) is 6.82. The quantitative estimate of drug-likeness (QED) is 0.304. The average molecular weight is 459 g/mol. The maximum absolute atomic E-state index is 14.3. The Kier molecular flexibility index (Phi) is 6.09. The Hall–Kier alpha value is -3.46. The van der Waals surface area contributed by atoms with Gasteiger partial charge in [-0.3, -0.25) is 4.98 Å². The molecule has 2 aromatic heterocycles. The fraction of sp³-hybridized carbons (Fsp3) is 0.130. The second-order valence-corrected chi connectivity index (χ2v) is 7.77. The molecule has 0 saturated carbocycles. The molecule has 4 rings (SSSR count). The maximum Gasteiger partial charge on any atom is 0.420 e. The van der Waals surface area contributed by atoms with Gasteiger partial charge in [-0.1, -0.05) is 30.4 Å². The molecule has 9 heteroatoms. The Morgan fingerprint density at radius 1 is 1.06 bits per heavy atom. The molecule has 0 aliphatic heterocycles. The van der Waals surface area contributed by atoms with E-state index in [1.54, 1.807) is 42.6 Å². The number of hydrogen-bond donors (Lipinski definition) is 1. The lowest BCUT2D eigenvalue weighted by Crippen LogP contribution is -2.08. The van der Waals surface area contributed by atoms with Gasteiger partial charge in [0, 0.05) is 23.6 Å². The van der Waals surface area contributed by atoms with Crippen LogP contribution in [0.5, 0.6) is 11.5 Å². The van der Waals surface area contributed by atoms with Gasteiger partial charge in [-0.2, -0.15) is 17.6 Å². The van der Waals surface area contributed by atoms with Gasteiger partial charge in [0.15, 0.2) is 5.13 Å². The zero-order chi connectivity index (χ0) is 22.7. The normalized spacial score (nSPS) is 11.4. The summed E-state index contributed by atoms with van der Waals surface area (Å²) in [5.74, 6) is -0.0230. The monoisotopic (exact) mass is 459 g/mol. The largest absolute Gasteiger partial charge is 0.457 e. The van der Waals surface area contributed by atoms with Crippen molar-refractivity contribution in [3.05, 3.63) is 83.2 Å². The number of alkyl halides is 3. The first-order valence-electron chi connectivity index (χ1n) is 9.65. The smallest absolute Gasteiger partial charge is 0.420 e. The van der Waals surface area contributed by atoms with Crippen LogP contribution in [0.2, 0.25) is 0 Å². The maximum atomic E-state index is 14.3. The second kappa shape index (κ2) is 8.96. The number of aromatic nitrogens is 2. The van der Waals surface area contributed by atoms with E-state index in [1.165, 1.54) is 18.3 Å². The molecular formula is C23H17F4N3OS. The minimum Gasteiger partial charge on any atom is -0.457 e. The molecule has 0 bridgehead atoms. The van der Waals surface area contributed by atoms with Crippen molar-refractivity contribution in [1.29, 1.82) is 0 Å². The molecule has 0 amide bonds. The van der Waals surface area contributed by atoms with Crippen LogP contribution in [0.15, 0.2) is 67.0 Å². The molecule has 32 heavy (non-hydrogen) atoms. The predicted molar refractivity (Wildman–Crippen MR) is 116 cm³/mol. The molecule has 4 nitrogen and oxygen atoms in total. The molecule has 0 saturated heterocycles. The van der Waals surface area contributed by atoms with Gasteiger partial charge < -0.3 is 10.1 Å². The molecule has 0 radical (unpaired) electrons. The summed E-state index contributed by atoms with van der Waals surface area (Å²) in [6.07, 6.45) is -0.824. The zero-order valence-electron chi connectivity index (χ0n) is 16.8. The van der Waals surface area contributed by atoms with Gasteiger partial charge in [0.2, 0.25) is 5.13 Å². The summed E-state index contributed by atoms with van der Waals surface area (Å²) in [6.45, 7) is 1.98. The third-order valence-electron chi connectivity index (χ3n) is 4.62. The van der Waals surface area contributed by atoms with E-state index in [0.717, 1.165) is 18.1 Å². The molecule has 2 heterocycles. The first-order chi connectivity index (χ1) is 15.3. The van der Waals surface area contributed by atoms with Crippen LogP contribution in [-0.4, -0.2) is 9.97 Å². The minimum atomic E-state index is -4.65. The minimum absolute atomic E-state index is 0.0807. The van der Waals surface area contributed by atoms with Crippen molar-refractivity contribution in [2.45, 2.75) is 19.5 Å². The van der Waals surface area contributed by atoms with Crippen molar-refractivity contribution in [2.75, 3.05) is 5.32 Å². The highest BCUT2D eigenvalue weighted by Gasteiger charge is 2.35. The van der Waals surface area contributed by atoms with Crippen LogP contribution in [0.1, 0.15) is 18.1 Å². The van der Waals surface area contributed by atoms with E-state index >= 15 is 0 Å². The van der Waals surface area contributed by atoms with E-state index in [2.05, 4.69) is 15.3 Å². The third kappa shape index (κ3) is 4.88. The highest BCUT2D eigenvalue weighted by Crippen LogP contribution is 2.40. The van der Waals surface area contributed by atoms with Crippen molar-refractivity contribution in [3.63, 3.8) is 0 Å². The summed E-state index contributed by atoms with van der Waals surface area (Å²) in [5.41, 5.74) is 0.763. The number of rotatable bonds is 6. The third-order valence-corrected chi connectivity index (χ3v) is 5.38. The molecule has 0 aliphatic carbocycles. The number of aryl methyl sites for hydroxylation is 1. The standard InChI is InChI=1S/C23H17F4N3OS/c1-2-14-5-8-17(9-6-14)31-19-10-7-16(12-18(19)23(25,26)27)29-22-30-20(21(24)32-22)15-4-3-11-28-13-15/h3-13H,2H2,1H3,(H,29,30). The Morgan fingerprint density at radius 3 is 2.50 bits per heavy atom. The molecule has 164 valence electrons. The molecule has 0 fully saturated rings. The fourth-order valence-electron chi connectivity index (χ4n) is 3.00. The summed E-state index contributed by atoms with van der Waals surface area (Å²) in [7, 11) is 0. The molecule has 0 spiro atoms. The Bertz CT molecular complexity index is 1210. The zero-order valence-corrected chi connectivity index (χ0v) is 17.6. The van der Waals surface area contributed by atoms with Crippen molar-refractivity contribution in [2.24, 2.45) is 0 Å². The number of halogens is 4. The van der Waals surface area contributed by atoms with E-state index in [4.69, 9.17) is 4.74 Å². The summed E-state index contributed by atoms with van der Waals surface area (Å²) in [4.78, 5) is 8.08. The first kappa shape index (κ1) is 21.8. The first-order valence-corrected chi connectivity index (χ1v) is 10.5. The van der Waals surface area contributed by atoms with Gasteiger partial charge in [0.1, 0.15) is 22.8 Å². The predicted octanol–water partition coefficient (Wildman–Crippen LogP) is 7.46. The highest BCUT2D eigenvalue weighted by molar-refractivity contribution is 7.14. The SMILES string of the molecule is CCc1ccc(Oc2ccc(Nc3nc(-c4cccnc4)c(F)s3)cc2C(F)(F)F)cc1. The number of nitrogens with one attached hydrogen (secondary N) is 1. The molecule has 0 aliphatic rings. The van der Waals surface area contributed by atoms with Crippen LogP contribution < -0.4 is 10.1 Å². The van der Waals surface area contributed by atoms with Gasteiger partial charge in [-0.25, -0.2) is 4.98 Å². The van der Waals surface area contributed by atoms with Gasteiger partial charge in [-0.15, -0.1) is 0 Å². The van der Waals surface area contributed by atoms with Crippen molar-refractivity contribution in [1.82, 2.24) is 9.97 Å². The van der Waals surface area contributed by atoms with Crippen molar-refractivity contribution in [3.8, 4) is 22.8 Å². The van der Waals surface area contributed by atoms with Crippen LogP contribution >= 0.6 is 11.3 Å². The van der Waals surface area contributed by atoms with Crippen LogP contribution in [0.4, 0.5) is 28.4 Å². The summed E-state index contributed by atoms with van der Waals surface area (Å²) in [6, 6.07) is 13.7. The Morgan fingerprint density at radius 2 is 1.84 bits per heavy atom. The fourth-order valence-corrected chi connectivity index (χ4v) is 3.73. The molecular weight excluding hydrogens is 442 g/mol. The summed E-state index contributed by atoms with van der Waals surface area (Å²) < 4.78 is 60.9. The van der Waals surface area contributed by atoms with Crippen LogP contribution in [0.25, 0.3) is 11.3 Å². The van der Waals surface area contributed by atoms with Crippen LogP contribution in [0.3, 0.4) is 0 Å². The number of nitrogens with zero attached hydrogens (tertiary/aromatic N) is 2. The van der Waals surface area contributed by atoms with Crippen LogP contribution in [0, 0.1) is 5.13 Å². The lowest BCUT2D eigenvalue weighted by atomic mass is 10.1. The molecule has 1 N–H and O–H groups in total. The summed E-state index contributed by atoms with van der Waals surface area (Å²) >= 11 is 0.698. The van der Waals surface area contributed by atoms with Crippen molar-refractivity contribution < 1.29 is 22.3 Å². The number of anilines is 2. The van der Waals surface area contributed by atoms with Gasteiger partial charge in [0.05, 0.1) is 0 Å². The average Bonchev–Trinajstić information content (AvgIpc) is 3.15. The molecule has 2 aromatic carbocycles. The number of thiazole rings is 1. The Balaban J connectivity index is 1.60. The Labute approximate surface area is 185 Å². The number of hydrogen-bond acceptors (Lipinski definition) is 5. The van der Waals surface area contributed by atoms with Crippen molar-refractivity contribution >= 4 is 22.2 Å². The lowest BCUT2D eigenvalue weighted by Gasteiger charge is -2.15. The molecule has 0 unspecified atom stereocenters. The van der Waals surface area contributed by atoms with E-state index in [0.29, 0.717) is 22.6 Å². The number of ether oxygens (including phenoxy) is 1. The number of pyridine rings is 1. The highest BCUT2D eigenvalue weighted by atomic mass is 32.1. The molecule has 0 atom stereocenters. The summed E-state index contributed by atoms with van der Waals surface area (Å²) in [5, 5.41) is 2.31. The van der Waals surface area contributed by atoms with Crippen LogP contribution in [-0.2, 0) is 12.6 Å². The van der Waals surface area contributed by atoms with E-state index in [9.17, 15) is 17.6 Å². The van der Waals surface area contributed by atoms with E-state index in [1.807, 2.05) is 6.92 Å². The van der Waals surface area contributed by atoms with Gasteiger partial charge in [0.25, 0.3) is 0 Å². The van der Waals surface area contributed by atoms with E-state index in [-0.39, 0.29) is 22.3 Å². The lowest BCUT2D eigenvalue weighted by molar-refractivity contribution is -0.138. The van der Waals surface area contributed by atoms with E-state index < -0.39 is 16.9 Å². The van der Waals surface area contributed by atoms with Gasteiger partial charge in [-0.05, 0) is 54.4 Å². The number of benzene rings is 2.